The van der Waals surface area contributed by atoms with Crippen molar-refractivity contribution >= 4 is 10.9 Å². The summed E-state index contributed by atoms with van der Waals surface area (Å²) in [4.78, 5) is 0. The topological polar surface area (TPSA) is 26.0 Å². The summed E-state index contributed by atoms with van der Waals surface area (Å²) >= 11 is 0. The molecule has 1 aromatic carbocycles. The summed E-state index contributed by atoms with van der Waals surface area (Å²) in [5, 5.41) is 5.12. The van der Waals surface area contributed by atoms with Crippen LogP contribution >= 0.6 is 0 Å². The van der Waals surface area contributed by atoms with Crippen LogP contribution in [0.25, 0.3) is 10.9 Å². The molecule has 1 aromatic heterocycles. The molecule has 0 aliphatic heterocycles. The van der Waals surface area contributed by atoms with E-state index in [2.05, 4.69) is 31.1 Å². The zero-order valence-corrected chi connectivity index (χ0v) is 7.51. The number of aryl methyl sites for hydroxylation is 3. The normalized spacial score (nSPS) is 10.9. The Bertz CT molecular complexity index is 429. The summed E-state index contributed by atoms with van der Waals surface area (Å²) in [5.41, 5.74) is 3.42. The van der Waals surface area contributed by atoms with Gasteiger partial charge in [0, 0.05) is 5.39 Å². The Morgan fingerprint density at radius 3 is 2.67 bits per heavy atom. The van der Waals surface area contributed by atoms with Crippen molar-refractivity contribution in [1.29, 1.82) is 0 Å². The molecule has 0 aliphatic carbocycles. The minimum Gasteiger partial charge on any atom is -0.360 e. The number of hydrogen-bond donors (Lipinski definition) is 0. The molecule has 0 amide bonds. The highest BCUT2D eigenvalue weighted by molar-refractivity contribution is 5.83. The third-order valence-corrected chi connectivity index (χ3v) is 2.10. The Kier molecular flexibility index (Phi) is 1.43. The zero-order chi connectivity index (χ0) is 8.72. The average Bonchev–Trinajstić information content (AvgIpc) is 2.33. The average molecular weight is 161 g/mol. The molecule has 0 unspecified atom stereocenters. The minimum absolute atomic E-state index is 0.900. The molecule has 2 nitrogen and oxygen atoms in total. The van der Waals surface area contributed by atoms with Crippen LogP contribution in [-0.2, 0) is 0 Å². The fourth-order valence-electron chi connectivity index (χ4n) is 1.51. The van der Waals surface area contributed by atoms with Gasteiger partial charge in [0.15, 0.2) is 0 Å². The van der Waals surface area contributed by atoms with E-state index in [1.165, 1.54) is 11.1 Å². The van der Waals surface area contributed by atoms with Crippen LogP contribution in [0.5, 0.6) is 0 Å². The van der Waals surface area contributed by atoms with Gasteiger partial charge in [0.2, 0.25) is 0 Å². The first-order valence-electron chi connectivity index (χ1n) is 4.02. The fraction of sp³-hybridized carbons (Fsp3) is 0.300. The van der Waals surface area contributed by atoms with Gasteiger partial charge in [-0.15, -0.1) is 0 Å². The highest BCUT2D eigenvalue weighted by Gasteiger charge is 2.06. The standard InChI is InChI=1S/C10H11NO/c1-6-4-7(2)10-9(5-6)8(3)12-11-10/h4-5H,1-3H3. The lowest BCUT2D eigenvalue weighted by molar-refractivity contribution is 0.405. The van der Waals surface area contributed by atoms with Gasteiger partial charge < -0.3 is 4.52 Å². The fourth-order valence-corrected chi connectivity index (χ4v) is 1.51. The van der Waals surface area contributed by atoms with E-state index in [4.69, 9.17) is 4.52 Å². The molecule has 0 fully saturated rings. The van der Waals surface area contributed by atoms with Crippen LogP contribution in [-0.4, -0.2) is 5.16 Å². The summed E-state index contributed by atoms with van der Waals surface area (Å²) in [5.74, 6) is 0.900. The summed E-state index contributed by atoms with van der Waals surface area (Å²) in [6, 6.07) is 4.22. The number of nitrogens with zero attached hydrogens (tertiary/aromatic N) is 1. The van der Waals surface area contributed by atoms with Crippen molar-refractivity contribution in [3.05, 3.63) is 29.0 Å². The Hall–Kier alpha value is -1.31. The highest BCUT2D eigenvalue weighted by Crippen LogP contribution is 2.22. The predicted molar refractivity (Wildman–Crippen MR) is 48.2 cm³/mol. The van der Waals surface area contributed by atoms with E-state index >= 15 is 0 Å². The van der Waals surface area contributed by atoms with Crippen LogP contribution in [0.2, 0.25) is 0 Å². The quantitative estimate of drug-likeness (QED) is 0.593. The van der Waals surface area contributed by atoms with E-state index in [1.807, 2.05) is 6.92 Å². The van der Waals surface area contributed by atoms with E-state index in [0.717, 1.165) is 16.7 Å². The number of benzene rings is 1. The summed E-state index contributed by atoms with van der Waals surface area (Å²) in [6.45, 7) is 6.07. The highest BCUT2D eigenvalue weighted by atomic mass is 16.5. The molecule has 0 atom stereocenters. The van der Waals surface area contributed by atoms with Crippen molar-refractivity contribution in [2.75, 3.05) is 0 Å². The smallest absolute Gasteiger partial charge is 0.141 e. The first-order valence-corrected chi connectivity index (χ1v) is 4.02. The molecule has 2 aromatic rings. The predicted octanol–water partition coefficient (Wildman–Crippen LogP) is 2.75. The monoisotopic (exact) mass is 161 g/mol. The largest absolute Gasteiger partial charge is 0.360 e. The van der Waals surface area contributed by atoms with Crippen LogP contribution in [0.3, 0.4) is 0 Å². The molecule has 1 heterocycles. The van der Waals surface area contributed by atoms with Crippen molar-refractivity contribution in [2.24, 2.45) is 0 Å². The molecule has 0 spiro atoms. The second-order valence-electron chi connectivity index (χ2n) is 3.22. The lowest BCUT2D eigenvalue weighted by atomic mass is 10.1. The molecular weight excluding hydrogens is 150 g/mol. The maximum absolute atomic E-state index is 5.10. The first-order chi connectivity index (χ1) is 5.68. The molecule has 0 saturated carbocycles. The van der Waals surface area contributed by atoms with Gasteiger partial charge in [-0.3, -0.25) is 0 Å². The maximum Gasteiger partial charge on any atom is 0.141 e. The molecule has 12 heavy (non-hydrogen) atoms. The van der Waals surface area contributed by atoms with Gasteiger partial charge in [-0.25, -0.2) is 0 Å². The van der Waals surface area contributed by atoms with E-state index < -0.39 is 0 Å². The number of hydrogen-bond acceptors (Lipinski definition) is 2. The molecule has 0 aliphatic rings. The second-order valence-corrected chi connectivity index (χ2v) is 3.22. The summed E-state index contributed by atoms with van der Waals surface area (Å²) < 4.78 is 5.10. The van der Waals surface area contributed by atoms with E-state index in [9.17, 15) is 0 Å². The Labute approximate surface area is 71.2 Å². The molecule has 0 N–H and O–H groups in total. The van der Waals surface area contributed by atoms with Crippen molar-refractivity contribution in [2.45, 2.75) is 20.8 Å². The molecule has 0 saturated heterocycles. The number of rotatable bonds is 0. The molecular formula is C10H11NO. The van der Waals surface area contributed by atoms with Crippen molar-refractivity contribution in [3.63, 3.8) is 0 Å². The summed E-state index contributed by atoms with van der Waals surface area (Å²) in [7, 11) is 0. The Balaban J connectivity index is 2.92. The molecule has 2 heteroatoms. The maximum atomic E-state index is 5.10. The third-order valence-electron chi connectivity index (χ3n) is 2.10. The van der Waals surface area contributed by atoms with Gasteiger partial charge >= 0.3 is 0 Å². The van der Waals surface area contributed by atoms with E-state index in [0.29, 0.717) is 0 Å². The summed E-state index contributed by atoms with van der Waals surface area (Å²) in [6.07, 6.45) is 0. The van der Waals surface area contributed by atoms with Crippen molar-refractivity contribution in [3.8, 4) is 0 Å². The van der Waals surface area contributed by atoms with Gasteiger partial charge in [0.25, 0.3) is 0 Å². The Morgan fingerprint density at radius 2 is 1.92 bits per heavy atom. The van der Waals surface area contributed by atoms with Crippen LogP contribution in [0.15, 0.2) is 16.7 Å². The lowest BCUT2D eigenvalue weighted by Gasteiger charge is -1.95. The lowest BCUT2D eigenvalue weighted by Crippen LogP contribution is -1.79. The second kappa shape index (κ2) is 2.34. The van der Waals surface area contributed by atoms with Crippen LogP contribution < -0.4 is 0 Å². The Morgan fingerprint density at radius 1 is 1.17 bits per heavy atom. The molecule has 0 bridgehead atoms. The van der Waals surface area contributed by atoms with Crippen LogP contribution in [0.1, 0.15) is 16.9 Å². The van der Waals surface area contributed by atoms with Crippen LogP contribution in [0.4, 0.5) is 0 Å². The first kappa shape index (κ1) is 7.35. The zero-order valence-electron chi connectivity index (χ0n) is 7.51. The van der Waals surface area contributed by atoms with Gasteiger partial charge in [0.1, 0.15) is 11.3 Å². The number of aromatic nitrogens is 1. The molecule has 62 valence electrons. The SMILES string of the molecule is Cc1cc(C)c2noc(C)c2c1. The van der Waals surface area contributed by atoms with Gasteiger partial charge in [0.05, 0.1) is 0 Å². The molecule has 0 radical (unpaired) electrons. The van der Waals surface area contributed by atoms with Gasteiger partial charge in [-0.2, -0.15) is 0 Å². The van der Waals surface area contributed by atoms with Crippen molar-refractivity contribution in [1.82, 2.24) is 5.16 Å². The van der Waals surface area contributed by atoms with Gasteiger partial charge in [-0.05, 0) is 38.0 Å². The number of fused-ring (bicyclic) bond motifs is 1. The minimum atomic E-state index is 0.900. The van der Waals surface area contributed by atoms with E-state index in [1.54, 1.807) is 0 Å². The molecule has 2 rings (SSSR count). The van der Waals surface area contributed by atoms with Crippen LogP contribution in [0, 0.1) is 20.8 Å². The van der Waals surface area contributed by atoms with Gasteiger partial charge in [-0.1, -0.05) is 11.2 Å². The van der Waals surface area contributed by atoms with E-state index in [-0.39, 0.29) is 0 Å². The third kappa shape index (κ3) is 0.916. The van der Waals surface area contributed by atoms with Crippen molar-refractivity contribution < 1.29 is 4.52 Å².